The number of carbonyl (C=O) groups is 1. The van der Waals surface area contributed by atoms with Crippen molar-refractivity contribution in [3.05, 3.63) is 42.5 Å². The number of thioether (sulfide) groups is 1. The van der Waals surface area contributed by atoms with Crippen LogP contribution in [0.5, 0.6) is 0 Å². The summed E-state index contributed by atoms with van der Waals surface area (Å²) in [6, 6.07) is 13.8. The highest BCUT2D eigenvalue weighted by Gasteiger charge is 2.21. The summed E-state index contributed by atoms with van der Waals surface area (Å²) in [6.45, 7) is 3.96. The fourth-order valence-corrected chi connectivity index (χ4v) is 3.89. The number of aromatic nitrogens is 4. The molecule has 0 atom stereocenters. The lowest BCUT2D eigenvalue weighted by Crippen LogP contribution is -2.38. The number of benzene rings is 1. The number of amides is 1. The summed E-state index contributed by atoms with van der Waals surface area (Å²) in [5.74, 6) is 1.25. The average molecular weight is 367 g/mol. The van der Waals surface area contributed by atoms with Gasteiger partial charge in [0, 0.05) is 18.7 Å². The van der Waals surface area contributed by atoms with Crippen molar-refractivity contribution in [3.8, 4) is 11.3 Å². The molecule has 0 radical (unpaired) electrons. The minimum atomic E-state index is 0.165. The second kappa shape index (κ2) is 7.45. The first-order chi connectivity index (χ1) is 12.7. The largest absolute Gasteiger partial charge is 0.342 e. The predicted molar refractivity (Wildman–Crippen MR) is 102 cm³/mol. The van der Waals surface area contributed by atoms with Gasteiger partial charge in [0.15, 0.2) is 5.65 Å². The fraction of sp³-hybridized carbons (Fsp3) is 0.368. The van der Waals surface area contributed by atoms with Crippen LogP contribution < -0.4 is 0 Å². The van der Waals surface area contributed by atoms with Crippen molar-refractivity contribution in [1.29, 1.82) is 0 Å². The van der Waals surface area contributed by atoms with E-state index in [1.54, 1.807) is 4.52 Å². The lowest BCUT2D eigenvalue weighted by Gasteiger charge is -2.30. The molecule has 3 aromatic rings. The maximum atomic E-state index is 12.5. The molecule has 1 saturated heterocycles. The molecule has 0 unspecified atom stereocenters. The third-order valence-corrected chi connectivity index (χ3v) is 5.67. The van der Waals surface area contributed by atoms with Gasteiger partial charge >= 0.3 is 0 Å². The van der Waals surface area contributed by atoms with Gasteiger partial charge in [0.2, 0.25) is 11.1 Å². The van der Waals surface area contributed by atoms with E-state index >= 15 is 0 Å². The molecule has 6 nitrogen and oxygen atoms in total. The van der Waals surface area contributed by atoms with Crippen molar-refractivity contribution in [3.63, 3.8) is 0 Å². The van der Waals surface area contributed by atoms with Gasteiger partial charge in [0.25, 0.3) is 0 Å². The summed E-state index contributed by atoms with van der Waals surface area (Å²) in [5, 5.41) is 13.7. The van der Waals surface area contributed by atoms with Crippen LogP contribution in [0, 0.1) is 5.92 Å². The molecule has 0 saturated carbocycles. The molecule has 0 N–H and O–H groups in total. The number of likely N-dealkylation sites (tertiary alicyclic amines) is 1. The van der Waals surface area contributed by atoms with E-state index in [1.165, 1.54) is 11.8 Å². The Bertz CT molecular complexity index is 903. The SMILES string of the molecule is CC1CCN(C(=O)CSc2nnc3ccc(-c4ccccc4)nn23)CC1. The number of nitrogens with zero attached hydrogens (tertiary/aromatic N) is 5. The molecule has 0 bridgehead atoms. The van der Waals surface area contributed by atoms with Gasteiger partial charge < -0.3 is 4.90 Å². The number of hydrogen-bond acceptors (Lipinski definition) is 5. The minimum absolute atomic E-state index is 0.165. The van der Waals surface area contributed by atoms with Crippen LogP contribution in [0.3, 0.4) is 0 Å². The van der Waals surface area contributed by atoms with E-state index in [4.69, 9.17) is 0 Å². The first-order valence-corrected chi connectivity index (χ1v) is 9.88. The van der Waals surface area contributed by atoms with E-state index in [9.17, 15) is 4.79 Å². The Morgan fingerprint density at radius 1 is 1.12 bits per heavy atom. The Hall–Kier alpha value is -2.41. The highest BCUT2D eigenvalue weighted by atomic mass is 32.2. The summed E-state index contributed by atoms with van der Waals surface area (Å²) in [6.07, 6.45) is 2.18. The minimum Gasteiger partial charge on any atom is -0.342 e. The van der Waals surface area contributed by atoms with E-state index in [0.29, 0.717) is 22.5 Å². The Labute approximate surface area is 156 Å². The Morgan fingerprint density at radius 3 is 2.65 bits per heavy atom. The standard InChI is InChI=1S/C19H21N5OS/c1-14-9-11-23(12-10-14)18(25)13-26-19-21-20-17-8-7-16(22-24(17)19)15-5-3-2-4-6-15/h2-8,14H,9-13H2,1H3. The van der Waals surface area contributed by atoms with E-state index < -0.39 is 0 Å². The summed E-state index contributed by atoms with van der Waals surface area (Å²) >= 11 is 1.40. The van der Waals surface area contributed by atoms with Crippen molar-refractivity contribution in [1.82, 2.24) is 24.7 Å². The lowest BCUT2D eigenvalue weighted by molar-refractivity contribution is -0.129. The maximum Gasteiger partial charge on any atom is 0.233 e. The highest BCUT2D eigenvalue weighted by Crippen LogP contribution is 2.22. The molecule has 1 aromatic carbocycles. The molecular formula is C19H21N5OS. The zero-order valence-electron chi connectivity index (χ0n) is 14.7. The molecule has 7 heteroatoms. The Kier molecular flexibility index (Phi) is 4.88. The normalized spacial score (nSPS) is 15.5. The van der Waals surface area contributed by atoms with E-state index in [0.717, 1.165) is 37.2 Å². The molecule has 0 aliphatic carbocycles. The topological polar surface area (TPSA) is 63.4 Å². The number of hydrogen-bond donors (Lipinski definition) is 0. The average Bonchev–Trinajstić information content (AvgIpc) is 3.09. The molecule has 134 valence electrons. The molecule has 0 spiro atoms. The third-order valence-electron chi connectivity index (χ3n) is 4.76. The second-order valence-corrected chi connectivity index (χ2v) is 7.63. The highest BCUT2D eigenvalue weighted by molar-refractivity contribution is 7.99. The molecule has 2 aromatic heterocycles. The molecule has 1 aliphatic heterocycles. The maximum absolute atomic E-state index is 12.5. The van der Waals surface area contributed by atoms with Crippen molar-refractivity contribution >= 4 is 23.3 Å². The third kappa shape index (κ3) is 3.58. The summed E-state index contributed by atoms with van der Waals surface area (Å²) in [5.41, 5.74) is 2.58. The van der Waals surface area contributed by atoms with E-state index in [-0.39, 0.29) is 5.91 Å². The summed E-state index contributed by atoms with van der Waals surface area (Å²) < 4.78 is 1.72. The number of piperidine rings is 1. The Morgan fingerprint density at radius 2 is 1.88 bits per heavy atom. The number of fused-ring (bicyclic) bond motifs is 1. The van der Waals surface area contributed by atoms with E-state index in [2.05, 4.69) is 22.2 Å². The van der Waals surface area contributed by atoms with Gasteiger partial charge in [-0.3, -0.25) is 4.79 Å². The quantitative estimate of drug-likeness (QED) is 0.663. The smallest absolute Gasteiger partial charge is 0.233 e. The number of rotatable bonds is 4. The molecular weight excluding hydrogens is 346 g/mol. The van der Waals surface area contributed by atoms with E-state index in [1.807, 2.05) is 47.4 Å². The first kappa shape index (κ1) is 17.0. The van der Waals surface area contributed by atoms with Crippen LogP contribution in [-0.4, -0.2) is 49.5 Å². The summed E-state index contributed by atoms with van der Waals surface area (Å²) in [4.78, 5) is 14.4. The van der Waals surface area contributed by atoms with Crippen molar-refractivity contribution in [2.45, 2.75) is 24.9 Å². The van der Waals surface area contributed by atoms with Crippen molar-refractivity contribution in [2.75, 3.05) is 18.8 Å². The van der Waals surface area contributed by atoms with Crippen LogP contribution in [-0.2, 0) is 4.79 Å². The van der Waals surface area contributed by atoms with Gasteiger partial charge in [0.05, 0.1) is 11.4 Å². The van der Waals surface area contributed by atoms with Crippen LogP contribution >= 0.6 is 11.8 Å². The Balaban J connectivity index is 1.49. The van der Waals surface area contributed by atoms with Crippen LogP contribution in [0.25, 0.3) is 16.9 Å². The van der Waals surface area contributed by atoms with Crippen molar-refractivity contribution in [2.24, 2.45) is 5.92 Å². The molecule has 26 heavy (non-hydrogen) atoms. The van der Waals surface area contributed by atoms with Gasteiger partial charge in [-0.2, -0.15) is 9.61 Å². The molecule has 1 aliphatic rings. The van der Waals surface area contributed by atoms with Gasteiger partial charge in [0.1, 0.15) is 0 Å². The van der Waals surface area contributed by atoms with Crippen molar-refractivity contribution < 1.29 is 4.79 Å². The second-order valence-electron chi connectivity index (χ2n) is 6.69. The van der Waals surface area contributed by atoms with Gasteiger partial charge in [-0.1, -0.05) is 49.0 Å². The first-order valence-electron chi connectivity index (χ1n) is 8.89. The molecule has 4 rings (SSSR count). The van der Waals surface area contributed by atoms with Gasteiger partial charge in [-0.15, -0.1) is 10.2 Å². The zero-order chi connectivity index (χ0) is 17.9. The van der Waals surface area contributed by atoms with Gasteiger partial charge in [-0.05, 0) is 30.9 Å². The van der Waals surface area contributed by atoms with Crippen LogP contribution in [0.2, 0.25) is 0 Å². The molecule has 1 amide bonds. The van der Waals surface area contributed by atoms with Crippen LogP contribution in [0.1, 0.15) is 19.8 Å². The fourth-order valence-electron chi connectivity index (χ4n) is 3.10. The summed E-state index contributed by atoms with van der Waals surface area (Å²) in [7, 11) is 0. The molecule has 1 fully saturated rings. The monoisotopic (exact) mass is 367 g/mol. The lowest BCUT2D eigenvalue weighted by atomic mass is 9.99. The van der Waals surface area contributed by atoms with Gasteiger partial charge in [-0.25, -0.2) is 0 Å². The van der Waals surface area contributed by atoms with Crippen LogP contribution in [0.4, 0.5) is 0 Å². The predicted octanol–water partition coefficient (Wildman–Crippen LogP) is 3.14. The zero-order valence-corrected chi connectivity index (χ0v) is 15.5. The molecule has 3 heterocycles. The van der Waals surface area contributed by atoms with Crippen LogP contribution in [0.15, 0.2) is 47.6 Å². The number of carbonyl (C=O) groups excluding carboxylic acids is 1.